The molecule has 43 nitrogen and oxygen atoms in total. The van der Waals surface area contributed by atoms with Crippen molar-refractivity contribution in [3.63, 3.8) is 0 Å². The third-order valence-electron chi connectivity index (χ3n) is 24.8. The normalized spacial score (nSPS) is 23.0. The number of amides is 16. The molecular weight excluding hydrogens is 1910 g/mol. The number of hydrogen-bond donors (Lipinski definition) is 21. The van der Waals surface area contributed by atoms with E-state index in [-0.39, 0.29) is 75.9 Å². The number of carbonyl (C=O) groups excluding carboxylic acids is 16. The molecule has 143 heavy (non-hydrogen) atoms. The average Bonchev–Trinajstić information content (AvgIpc) is 1.65. The molecule has 0 unspecified atom stereocenters. The first kappa shape index (κ1) is 109. The average molecular weight is 2030 g/mol. The number of aliphatic hydroxyl groups excluding tert-OH is 1. The molecule has 0 aliphatic carbocycles. The van der Waals surface area contributed by atoms with Crippen molar-refractivity contribution in [2.45, 2.75) is 204 Å². The standard InChI is InChI=1S/C97H126N22O21S3/c1-50(2)83-95(138)109-72(34-82(127)128)88(131)105-37-77(121)106-70(32-60-35-103-67-17-12-10-15-65(60)67)90(133)114-84(51(3)4)97(140)119-22-14-19-76(119)94(137)110-73(86(99)129)44-141-47-78(122)116-38-54-23-56(28-62(26-54)100-7)40-117-41-58-25-59(31-64(30-58)102-9)43-118(42-57-24-55(39-116)27-63(29-57)101-8)80(124)49-143-46-75(111-87(130)52(5)98)93(136)115-85(53(6)120)96(139)107-69(20-21-81(125)126)89(132)112-74(45-142-48-79(117)123)92(135)108-71(91(134)113-83)33-61-36-104-68-18-13-11-16-66(61)68/h10-13,15-18,23-31,35-36,50-53,69-76,83-85,100-104,120H,14,19-22,32-34,37-49,98H2,1-9H3,(H2,99,129)(H,105,131)(H,106,121)(H,107,139)(H,108,135)(H,109,138)(H,110,137)(H,111,130)(H,112,132)(H,113,134)(H,114,133)(H,115,136)(H,125,126)(H,127,128)/t52-,53+,69-,70-,71-,72-,73-,74-,75-,76-,83-,84-,85-/m0/s1. The maximum atomic E-state index is 15.9. The number of aliphatic hydroxyl groups is 1. The van der Waals surface area contributed by atoms with E-state index < -0.39 is 246 Å². The highest BCUT2D eigenvalue weighted by molar-refractivity contribution is 8.00. The minimum atomic E-state index is -2.01. The Morgan fingerprint density at radius 1 is 0.469 bits per heavy atom. The SMILES string of the molecule is CNc1cc2cc(c1)CN1Cc3cc(cc(NC)c3)CN3Cc4cc(cc(NC)c4)CN(C2)C(=O)CSC[C@@H](C(N)=O)NC(=O)[C@@H]2CCCN2C(=O)[C@H](C(C)C)NC(=O)[C@H](Cc2c[nH]c4ccccc24)NC(=O)CNC(=O)[C@H](CC(=O)O)NC(=O)[C@H](C(C)C)NC(=O)[C@H](Cc2c[nH]c4ccccc24)NC(=O)[C@H](CSCC3=O)NC(=O)[C@H](CCC(=O)O)NC(=O)[C@H]([C@@H](C)O)NC(=O)[C@@H](NC(=O)[C@H](C)N)CSCC1=O. The summed E-state index contributed by atoms with van der Waals surface area (Å²) in [6.07, 6.45) is -1.58. The van der Waals surface area contributed by atoms with Crippen LogP contribution in [0.15, 0.2) is 116 Å². The van der Waals surface area contributed by atoms with Crippen LogP contribution in [-0.4, -0.2) is 299 Å². The van der Waals surface area contributed by atoms with Gasteiger partial charge in [-0.3, -0.25) is 86.3 Å². The van der Waals surface area contributed by atoms with Gasteiger partial charge in [0.2, 0.25) is 94.5 Å². The summed E-state index contributed by atoms with van der Waals surface area (Å²) in [6, 6.07) is 10.4. The van der Waals surface area contributed by atoms with Crippen molar-refractivity contribution in [1.29, 1.82) is 0 Å². The Morgan fingerprint density at radius 2 is 0.902 bits per heavy atom. The number of carboxylic acids is 2. The fourth-order valence-corrected chi connectivity index (χ4v) is 20.0. The number of aromatic nitrogens is 2. The second kappa shape index (κ2) is 51.1. The molecular formula is C97H126N22O21S3. The lowest BCUT2D eigenvalue weighted by Crippen LogP contribution is -2.62. The maximum absolute atomic E-state index is 15.9. The smallest absolute Gasteiger partial charge is 0.305 e. The van der Waals surface area contributed by atoms with Crippen molar-refractivity contribution in [3.8, 4) is 0 Å². The monoisotopic (exact) mass is 2030 g/mol. The fraction of sp³-hybridized carbons (Fsp3) is 0.464. The molecule has 4 aliphatic rings. The van der Waals surface area contributed by atoms with E-state index in [1.807, 2.05) is 24.3 Å². The molecule has 23 N–H and O–H groups in total. The molecule has 6 heterocycles. The number of thioether (sulfide) groups is 3. The van der Waals surface area contributed by atoms with Crippen LogP contribution in [0, 0.1) is 11.8 Å². The third kappa shape index (κ3) is 30.5. The molecule has 0 spiro atoms. The van der Waals surface area contributed by atoms with Crippen LogP contribution in [0.5, 0.6) is 0 Å². The molecule has 0 radical (unpaired) electrons. The van der Waals surface area contributed by atoms with E-state index in [4.69, 9.17) is 11.5 Å². The van der Waals surface area contributed by atoms with Crippen molar-refractivity contribution in [1.82, 2.24) is 88.1 Å². The Hall–Kier alpha value is -14.0. The topological polar surface area (TPSA) is 633 Å². The fourth-order valence-electron chi connectivity index (χ4n) is 17.2. The second-order valence-corrected chi connectivity index (χ2v) is 39.7. The van der Waals surface area contributed by atoms with E-state index in [9.17, 15) is 63.3 Å². The van der Waals surface area contributed by atoms with E-state index in [0.29, 0.717) is 89.8 Å². The van der Waals surface area contributed by atoms with Gasteiger partial charge in [-0.15, -0.1) is 35.3 Å². The lowest BCUT2D eigenvalue weighted by atomic mass is 9.99. The molecule has 1 fully saturated rings. The minimum Gasteiger partial charge on any atom is -0.481 e. The number of primary amides is 1. The summed E-state index contributed by atoms with van der Waals surface area (Å²) in [6.45, 7) is 6.97. The highest BCUT2D eigenvalue weighted by atomic mass is 32.2. The molecule has 13 atom stereocenters. The molecule has 16 amide bonds. The minimum absolute atomic E-state index is 0.0214. The van der Waals surface area contributed by atoms with Gasteiger partial charge in [0.05, 0.1) is 42.4 Å². The van der Waals surface area contributed by atoms with Crippen LogP contribution in [-0.2, 0) is 138 Å². The van der Waals surface area contributed by atoms with Crippen molar-refractivity contribution in [2.24, 2.45) is 23.3 Å². The Kier molecular flexibility index (Phi) is 39.1. The van der Waals surface area contributed by atoms with Gasteiger partial charge in [-0.05, 0) is 138 Å². The lowest BCUT2D eigenvalue weighted by Gasteiger charge is -2.32. The van der Waals surface area contributed by atoms with Gasteiger partial charge >= 0.3 is 11.9 Å². The van der Waals surface area contributed by atoms with Crippen molar-refractivity contribution in [3.05, 3.63) is 160 Å². The molecule has 5 aromatic carbocycles. The molecule has 46 heteroatoms. The Labute approximate surface area is 837 Å². The number of carboxylic acid groups (broad SMARTS) is 2. The molecule has 768 valence electrons. The highest BCUT2D eigenvalue weighted by Crippen LogP contribution is 2.31. The maximum Gasteiger partial charge on any atom is 0.305 e. The van der Waals surface area contributed by atoms with Crippen LogP contribution < -0.4 is 85.9 Å². The van der Waals surface area contributed by atoms with Gasteiger partial charge in [-0.25, -0.2) is 0 Å². The number of fused-ring (bicyclic) bond motifs is 11. The molecule has 1 saturated heterocycles. The number of carbonyl (C=O) groups is 18. The Morgan fingerprint density at radius 3 is 1.36 bits per heavy atom. The molecule has 7 aromatic rings. The number of nitrogens with two attached hydrogens (primary N) is 2. The quantitative estimate of drug-likeness (QED) is 0.0546. The first-order valence-electron chi connectivity index (χ1n) is 47.0. The molecule has 10 bridgehead atoms. The number of anilines is 3. The number of H-pyrrole nitrogens is 2. The van der Waals surface area contributed by atoms with Gasteiger partial charge in [0.1, 0.15) is 66.5 Å². The summed E-state index contributed by atoms with van der Waals surface area (Å²) < 4.78 is 0. The number of aromatic amines is 2. The second-order valence-electron chi connectivity index (χ2n) is 36.6. The number of rotatable bonds is 18. The molecule has 4 aliphatic heterocycles. The number of nitrogens with one attached hydrogen (secondary N) is 16. The Balaban J connectivity index is 1.05. The van der Waals surface area contributed by atoms with Gasteiger partial charge in [0.25, 0.3) is 0 Å². The summed E-state index contributed by atoms with van der Waals surface area (Å²) in [5.41, 5.74) is 19.2. The van der Waals surface area contributed by atoms with E-state index in [1.54, 1.807) is 136 Å². The number of hydrogen-bond acceptors (Lipinski definition) is 26. The van der Waals surface area contributed by atoms with Crippen LogP contribution in [0.4, 0.5) is 17.1 Å². The zero-order valence-electron chi connectivity index (χ0n) is 80.8. The largest absolute Gasteiger partial charge is 0.481 e. The van der Waals surface area contributed by atoms with Crippen LogP contribution in [0.1, 0.15) is 118 Å². The van der Waals surface area contributed by atoms with Gasteiger partial charge in [0, 0.05) is 155 Å². The summed E-state index contributed by atoms with van der Waals surface area (Å²) in [5, 5.41) is 71.0. The van der Waals surface area contributed by atoms with Gasteiger partial charge < -0.3 is 131 Å². The van der Waals surface area contributed by atoms with E-state index in [1.165, 1.54) is 30.6 Å². The van der Waals surface area contributed by atoms with E-state index in [0.717, 1.165) is 42.2 Å². The summed E-state index contributed by atoms with van der Waals surface area (Å²) in [7, 11) is 5.04. The van der Waals surface area contributed by atoms with Crippen LogP contribution >= 0.6 is 35.3 Å². The predicted octanol–water partition coefficient (Wildman–Crippen LogP) is 0.206. The van der Waals surface area contributed by atoms with Gasteiger partial charge in [0.15, 0.2) is 0 Å². The third-order valence-corrected chi connectivity index (χ3v) is 27.8. The van der Waals surface area contributed by atoms with Crippen LogP contribution in [0.2, 0.25) is 0 Å². The molecule has 2 aromatic heterocycles. The van der Waals surface area contributed by atoms with Gasteiger partial charge in [-0.2, -0.15) is 0 Å². The van der Waals surface area contributed by atoms with Crippen molar-refractivity contribution in [2.75, 3.05) is 84.7 Å². The summed E-state index contributed by atoms with van der Waals surface area (Å²) in [5.74, 6) is -22.3. The van der Waals surface area contributed by atoms with Crippen molar-refractivity contribution >= 4 is 181 Å². The molecule has 0 saturated carbocycles. The van der Waals surface area contributed by atoms with Gasteiger partial charge in [-0.1, -0.05) is 82.3 Å². The number of para-hydroxylation sites is 2. The highest BCUT2D eigenvalue weighted by Gasteiger charge is 2.43. The summed E-state index contributed by atoms with van der Waals surface area (Å²) >= 11 is 2.67. The molecule has 11 rings (SSSR count). The van der Waals surface area contributed by atoms with Crippen LogP contribution in [0.3, 0.4) is 0 Å². The van der Waals surface area contributed by atoms with Crippen LogP contribution in [0.25, 0.3) is 21.8 Å². The number of nitrogens with zero attached hydrogens (tertiary/aromatic N) is 4. The van der Waals surface area contributed by atoms with E-state index in [2.05, 4.69) is 84.4 Å². The summed E-state index contributed by atoms with van der Waals surface area (Å²) in [4.78, 5) is 277. The Bertz CT molecular complexity index is 5890. The first-order valence-corrected chi connectivity index (χ1v) is 50.5. The lowest BCUT2D eigenvalue weighted by molar-refractivity contribution is -0.143. The number of aliphatic carboxylic acids is 2. The zero-order chi connectivity index (χ0) is 104. The van der Waals surface area contributed by atoms with E-state index >= 15 is 38.4 Å². The zero-order valence-corrected chi connectivity index (χ0v) is 83.3. The van der Waals surface area contributed by atoms with Crippen molar-refractivity contribution < 1.29 is 102 Å². The first-order chi connectivity index (χ1) is 68.1. The number of benzene rings is 5. The predicted molar refractivity (Wildman–Crippen MR) is 537 cm³/mol.